The van der Waals surface area contributed by atoms with E-state index in [0.29, 0.717) is 29.7 Å². The largest absolute Gasteiger partial charge is 0.487 e. The molecule has 8 heteroatoms. The number of hydrogen-bond acceptors (Lipinski definition) is 6. The van der Waals surface area contributed by atoms with Gasteiger partial charge in [0.25, 0.3) is 5.91 Å². The minimum absolute atomic E-state index is 0.0981. The Morgan fingerprint density at radius 2 is 2.09 bits per heavy atom. The van der Waals surface area contributed by atoms with Crippen molar-refractivity contribution in [2.75, 3.05) is 0 Å². The lowest BCUT2D eigenvalue weighted by atomic mass is 10.0. The lowest BCUT2D eigenvalue weighted by molar-refractivity contribution is 0.0913. The van der Waals surface area contributed by atoms with E-state index in [-0.39, 0.29) is 17.9 Å². The molecule has 0 bridgehead atoms. The van der Waals surface area contributed by atoms with Crippen LogP contribution >= 0.6 is 0 Å². The summed E-state index contributed by atoms with van der Waals surface area (Å²) in [6.07, 6.45) is 6.07. The fraction of sp³-hybridized carbons (Fsp3) is 0.333. The van der Waals surface area contributed by atoms with Gasteiger partial charge in [0.1, 0.15) is 24.0 Å². The first kappa shape index (κ1) is 20.2. The maximum atomic E-state index is 13.0. The first-order valence-electron chi connectivity index (χ1n) is 10.9. The Hall–Kier alpha value is -3.68. The summed E-state index contributed by atoms with van der Waals surface area (Å²) in [5.74, 6) is 2.08. The highest BCUT2D eigenvalue weighted by Gasteiger charge is 2.31. The SMILES string of the molecule is CC(C)C(NC(=O)c1cccc(OCc2cn3ccccc3n2)c1)c1nc(C2CC2)no1. The van der Waals surface area contributed by atoms with Crippen LogP contribution < -0.4 is 10.1 Å². The van der Waals surface area contributed by atoms with Crippen molar-refractivity contribution in [3.05, 3.63) is 77.8 Å². The van der Waals surface area contributed by atoms with Crippen molar-refractivity contribution in [1.82, 2.24) is 24.8 Å². The fourth-order valence-corrected chi connectivity index (χ4v) is 3.56. The van der Waals surface area contributed by atoms with Crippen LogP contribution in [0, 0.1) is 5.92 Å². The molecule has 1 amide bonds. The Balaban J connectivity index is 1.26. The van der Waals surface area contributed by atoms with Gasteiger partial charge in [0.15, 0.2) is 5.82 Å². The zero-order chi connectivity index (χ0) is 22.1. The third kappa shape index (κ3) is 4.34. The number of amides is 1. The number of pyridine rings is 1. The molecule has 1 aliphatic rings. The van der Waals surface area contributed by atoms with Gasteiger partial charge in [-0.1, -0.05) is 31.1 Å². The molecule has 1 N–H and O–H groups in total. The highest BCUT2D eigenvalue weighted by atomic mass is 16.5. The summed E-state index contributed by atoms with van der Waals surface area (Å²) in [4.78, 5) is 22.0. The average Bonchev–Trinajstić information content (AvgIpc) is 3.38. The van der Waals surface area contributed by atoms with Crippen molar-refractivity contribution < 1.29 is 14.1 Å². The van der Waals surface area contributed by atoms with Crippen molar-refractivity contribution in [3.8, 4) is 5.75 Å². The van der Waals surface area contributed by atoms with Gasteiger partial charge in [-0.15, -0.1) is 0 Å². The quantitative estimate of drug-likeness (QED) is 0.447. The molecule has 164 valence electrons. The highest BCUT2D eigenvalue weighted by molar-refractivity contribution is 5.94. The molecule has 4 aromatic rings. The van der Waals surface area contributed by atoms with E-state index in [4.69, 9.17) is 9.26 Å². The van der Waals surface area contributed by atoms with Crippen LogP contribution in [0.1, 0.15) is 66.4 Å². The van der Waals surface area contributed by atoms with E-state index in [1.54, 1.807) is 18.2 Å². The van der Waals surface area contributed by atoms with Gasteiger partial charge in [0.05, 0.1) is 5.69 Å². The standard InChI is InChI=1S/C24H25N5O3/c1-15(2)21(24-27-22(28-32-24)16-9-10-16)26-23(30)17-6-5-7-19(12-17)31-14-18-13-29-11-4-3-8-20(29)25-18/h3-8,11-13,15-16,21H,9-10,14H2,1-2H3,(H,26,30). The zero-order valence-corrected chi connectivity index (χ0v) is 18.1. The molecule has 1 aromatic carbocycles. The van der Waals surface area contributed by atoms with Gasteiger partial charge in [0.2, 0.25) is 5.89 Å². The van der Waals surface area contributed by atoms with E-state index in [2.05, 4.69) is 20.4 Å². The van der Waals surface area contributed by atoms with Crippen LogP contribution in [0.3, 0.4) is 0 Å². The number of nitrogens with zero attached hydrogens (tertiary/aromatic N) is 4. The topological polar surface area (TPSA) is 94.5 Å². The van der Waals surface area contributed by atoms with Crippen molar-refractivity contribution >= 4 is 11.6 Å². The second-order valence-corrected chi connectivity index (χ2v) is 8.48. The Morgan fingerprint density at radius 3 is 2.88 bits per heavy atom. The molecule has 0 spiro atoms. The van der Waals surface area contributed by atoms with Crippen LogP contribution in [0.4, 0.5) is 0 Å². The molecule has 1 saturated carbocycles. The number of benzene rings is 1. The second-order valence-electron chi connectivity index (χ2n) is 8.48. The van der Waals surface area contributed by atoms with Crippen molar-refractivity contribution in [2.24, 2.45) is 5.92 Å². The lowest BCUT2D eigenvalue weighted by Gasteiger charge is -2.18. The van der Waals surface area contributed by atoms with Gasteiger partial charge in [-0.2, -0.15) is 4.98 Å². The van der Waals surface area contributed by atoms with Gasteiger partial charge < -0.3 is 19.0 Å². The second kappa shape index (κ2) is 8.45. The highest BCUT2D eigenvalue weighted by Crippen LogP contribution is 2.38. The van der Waals surface area contributed by atoms with Crippen molar-refractivity contribution in [1.29, 1.82) is 0 Å². The minimum atomic E-state index is -0.356. The average molecular weight is 431 g/mol. The van der Waals surface area contributed by atoms with Gasteiger partial charge in [0, 0.05) is 23.9 Å². The van der Waals surface area contributed by atoms with Crippen LogP contribution in [-0.2, 0) is 6.61 Å². The first-order chi connectivity index (χ1) is 15.6. The monoisotopic (exact) mass is 431 g/mol. The number of ether oxygens (including phenoxy) is 1. The minimum Gasteiger partial charge on any atom is -0.487 e. The Morgan fingerprint density at radius 1 is 1.22 bits per heavy atom. The summed E-state index contributed by atoms with van der Waals surface area (Å²) >= 11 is 0. The fourth-order valence-electron chi connectivity index (χ4n) is 3.56. The van der Waals surface area contributed by atoms with Crippen LogP contribution in [-0.4, -0.2) is 25.4 Å². The molecule has 0 radical (unpaired) electrons. The summed E-state index contributed by atoms with van der Waals surface area (Å²) in [5, 5.41) is 7.11. The molecular weight excluding hydrogens is 406 g/mol. The molecule has 1 unspecified atom stereocenters. The predicted molar refractivity (Wildman–Crippen MR) is 117 cm³/mol. The number of carbonyl (C=O) groups excluding carboxylic acids is 1. The molecule has 3 aromatic heterocycles. The van der Waals surface area contributed by atoms with Crippen LogP contribution in [0.15, 0.2) is 59.4 Å². The molecular formula is C24H25N5O3. The van der Waals surface area contributed by atoms with E-state index in [1.807, 2.05) is 54.9 Å². The summed E-state index contributed by atoms with van der Waals surface area (Å²) in [6, 6.07) is 12.6. The van der Waals surface area contributed by atoms with E-state index in [9.17, 15) is 4.79 Å². The number of carbonyl (C=O) groups is 1. The number of nitrogens with one attached hydrogen (secondary N) is 1. The molecule has 1 aliphatic carbocycles. The summed E-state index contributed by atoms with van der Waals surface area (Å²) in [6.45, 7) is 4.34. The molecule has 8 nitrogen and oxygen atoms in total. The van der Waals surface area contributed by atoms with Gasteiger partial charge in [-0.25, -0.2) is 4.98 Å². The number of hydrogen-bond donors (Lipinski definition) is 1. The Labute approximate surface area is 185 Å². The third-order valence-electron chi connectivity index (χ3n) is 5.52. The Kier molecular flexibility index (Phi) is 5.34. The van der Waals surface area contributed by atoms with Gasteiger partial charge in [-0.3, -0.25) is 4.79 Å². The lowest BCUT2D eigenvalue weighted by Crippen LogP contribution is -2.32. The first-order valence-corrected chi connectivity index (χ1v) is 10.9. The summed E-state index contributed by atoms with van der Waals surface area (Å²) in [5.41, 5.74) is 2.18. The molecule has 5 rings (SSSR count). The maximum Gasteiger partial charge on any atom is 0.252 e. The van der Waals surface area contributed by atoms with Crippen LogP contribution in [0.2, 0.25) is 0 Å². The maximum absolute atomic E-state index is 13.0. The van der Waals surface area contributed by atoms with Crippen LogP contribution in [0.5, 0.6) is 5.75 Å². The molecule has 0 saturated heterocycles. The van der Waals surface area contributed by atoms with Crippen molar-refractivity contribution in [2.45, 2.75) is 45.3 Å². The van der Waals surface area contributed by atoms with E-state index < -0.39 is 0 Å². The molecule has 0 aliphatic heterocycles. The third-order valence-corrected chi connectivity index (χ3v) is 5.52. The van der Waals surface area contributed by atoms with Gasteiger partial charge >= 0.3 is 0 Å². The van der Waals surface area contributed by atoms with Gasteiger partial charge in [-0.05, 0) is 49.1 Å². The summed E-state index contributed by atoms with van der Waals surface area (Å²) in [7, 11) is 0. The predicted octanol–water partition coefficient (Wildman–Crippen LogP) is 4.30. The summed E-state index contributed by atoms with van der Waals surface area (Å²) < 4.78 is 13.3. The molecule has 1 atom stereocenters. The molecule has 3 heterocycles. The van der Waals surface area contributed by atoms with E-state index in [1.165, 1.54) is 0 Å². The molecule has 1 fully saturated rings. The zero-order valence-electron chi connectivity index (χ0n) is 18.1. The number of fused-ring (bicyclic) bond motifs is 1. The number of imidazole rings is 1. The smallest absolute Gasteiger partial charge is 0.252 e. The van der Waals surface area contributed by atoms with Crippen molar-refractivity contribution in [3.63, 3.8) is 0 Å². The number of aromatic nitrogens is 4. The number of rotatable bonds is 8. The normalized spacial score (nSPS) is 14.6. The van der Waals surface area contributed by atoms with Crippen LogP contribution in [0.25, 0.3) is 5.65 Å². The van der Waals surface area contributed by atoms with E-state index in [0.717, 1.165) is 30.0 Å². The van der Waals surface area contributed by atoms with E-state index >= 15 is 0 Å². The molecule has 32 heavy (non-hydrogen) atoms. The Bertz CT molecular complexity index is 1210.